The molecule has 2 unspecified atom stereocenters. The van der Waals surface area contributed by atoms with E-state index in [0.717, 1.165) is 0 Å². The summed E-state index contributed by atoms with van der Waals surface area (Å²) < 4.78 is 5.03. The van der Waals surface area contributed by atoms with Crippen LogP contribution in [-0.4, -0.2) is 31.5 Å². The SMILES string of the molecule is COCC(CO)NC(C)c1ccc(C)cc1. The van der Waals surface area contributed by atoms with Crippen LogP contribution in [0.25, 0.3) is 0 Å². The van der Waals surface area contributed by atoms with Crippen molar-refractivity contribution in [2.45, 2.75) is 25.9 Å². The highest BCUT2D eigenvalue weighted by atomic mass is 16.5. The second-order valence-electron chi connectivity index (χ2n) is 4.13. The average molecular weight is 223 g/mol. The summed E-state index contributed by atoms with van der Waals surface area (Å²) >= 11 is 0. The van der Waals surface area contributed by atoms with Gasteiger partial charge < -0.3 is 15.2 Å². The molecule has 0 amide bonds. The molecule has 0 spiro atoms. The Morgan fingerprint density at radius 3 is 2.44 bits per heavy atom. The van der Waals surface area contributed by atoms with Gasteiger partial charge in [-0.1, -0.05) is 29.8 Å². The second kappa shape index (κ2) is 6.63. The summed E-state index contributed by atoms with van der Waals surface area (Å²) in [6.45, 7) is 4.77. The van der Waals surface area contributed by atoms with Crippen LogP contribution in [0.15, 0.2) is 24.3 Å². The molecule has 3 nitrogen and oxygen atoms in total. The minimum Gasteiger partial charge on any atom is -0.395 e. The van der Waals surface area contributed by atoms with Crippen LogP contribution < -0.4 is 5.32 Å². The Hall–Kier alpha value is -0.900. The molecule has 3 heteroatoms. The van der Waals surface area contributed by atoms with Crippen LogP contribution in [0.3, 0.4) is 0 Å². The Morgan fingerprint density at radius 1 is 1.31 bits per heavy atom. The maximum Gasteiger partial charge on any atom is 0.0638 e. The molecule has 1 aromatic carbocycles. The van der Waals surface area contributed by atoms with Crippen molar-refractivity contribution in [3.8, 4) is 0 Å². The van der Waals surface area contributed by atoms with E-state index in [1.807, 2.05) is 0 Å². The van der Waals surface area contributed by atoms with E-state index in [2.05, 4.69) is 43.4 Å². The molecular formula is C13H21NO2. The molecule has 1 aromatic rings. The zero-order valence-corrected chi connectivity index (χ0v) is 10.2. The van der Waals surface area contributed by atoms with Gasteiger partial charge in [0.15, 0.2) is 0 Å². The van der Waals surface area contributed by atoms with Crippen LogP contribution in [-0.2, 0) is 4.74 Å². The lowest BCUT2D eigenvalue weighted by atomic mass is 10.1. The number of ether oxygens (including phenoxy) is 1. The van der Waals surface area contributed by atoms with Crippen LogP contribution >= 0.6 is 0 Å². The first-order chi connectivity index (χ1) is 7.67. The van der Waals surface area contributed by atoms with E-state index >= 15 is 0 Å². The molecule has 0 heterocycles. The fraction of sp³-hybridized carbons (Fsp3) is 0.538. The van der Waals surface area contributed by atoms with Gasteiger partial charge in [-0.2, -0.15) is 0 Å². The zero-order valence-electron chi connectivity index (χ0n) is 10.2. The highest BCUT2D eigenvalue weighted by Crippen LogP contribution is 2.13. The summed E-state index contributed by atoms with van der Waals surface area (Å²) in [6.07, 6.45) is 0. The van der Waals surface area contributed by atoms with Gasteiger partial charge >= 0.3 is 0 Å². The van der Waals surface area contributed by atoms with Gasteiger partial charge in [0.2, 0.25) is 0 Å². The first-order valence-corrected chi connectivity index (χ1v) is 5.59. The fourth-order valence-electron chi connectivity index (χ4n) is 1.66. The normalized spacial score (nSPS) is 14.8. The zero-order chi connectivity index (χ0) is 12.0. The highest BCUT2D eigenvalue weighted by Gasteiger charge is 2.11. The first kappa shape index (κ1) is 13.2. The summed E-state index contributed by atoms with van der Waals surface area (Å²) in [5, 5.41) is 12.5. The topological polar surface area (TPSA) is 41.5 Å². The van der Waals surface area contributed by atoms with Gasteiger partial charge in [0, 0.05) is 13.2 Å². The van der Waals surface area contributed by atoms with Crippen molar-refractivity contribution in [3.63, 3.8) is 0 Å². The number of hydrogen-bond donors (Lipinski definition) is 2. The van der Waals surface area contributed by atoms with E-state index in [-0.39, 0.29) is 18.7 Å². The molecule has 0 aliphatic rings. The van der Waals surface area contributed by atoms with Crippen molar-refractivity contribution in [2.24, 2.45) is 0 Å². The number of hydrogen-bond acceptors (Lipinski definition) is 3. The maximum atomic E-state index is 9.15. The highest BCUT2D eigenvalue weighted by molar-refractivity contribution is 5.23. The van der Waals surface area contributed by atoms with E-state index in [0.29, 0.717) is 6.61 Å². The lowest BCUT2D eigenvalue weighted by Crippen LogP contribution is -2.38. The average Bonchev–Trinajstić information content (AvgIpc) is 2.29. The van der Waals surface area contributed by atoms with Crippen molar-refractivity contribution < 1.29 is 9.84 Å². The van der Waals surface area contributed by atoms with Crippen molar-refractivity contribution in [3.05, 3.63) is 35.4 Å². The Kier molecular flexibility index (Phi) is 5.46. The largest absolute Gasteiger partial charge is 0.395 e. The Bertz CT molecular complexity index is 297. The molecule has 0 radical (unpaired) electrons. The van der Waals surface area contributed by atoms with E-state index in [4.69, 9.17) is 9.84 Å². The lowest BCUT2D eigenvalue weighted by molar-refractivity contribution is 0.123. The molecule has 1 rings (SSSR count). The van der Waals surface area contributed by atoms with Gasteiger partial charge in [0.1, 0.15) is 0 Å². The molecule has 0 bridgehead atoms. The number of methoxy groups -OCH3 is 1. The summed E-state index contributed by atoms with van der Waals surface area (Å²) in [7, 11) is 1.64. The molecule has 2 N–H and O–H groups in total. The van der Waals surface area contributed by atoms with Crippen molar-refractivity contribution in [1.82, 2.24) is 5.32 Å². The number of aryl methyl sites for hydroxylation is 1. The molecule has 0 aromatic heterocycles. The number of benzene rings is 1. The molecule has 90 valence electrons. The van der Waals surface area contributed by atoms with Gasteiger partial charge in [-0.05, 0) is 19.4 Å². The van der Waals surface area contributed by atoms with Gasteiger partial charge in [-0.25, -0.2) is 0 Å². The third kappa shape index (κ3) is 3.93. The third-order valence-electron chi connectivity index (χ3n) is 2.65. The molecular weight excluding hydrogens is 202 g/mol. The van der Waals surface area contributed by atoms with E-state index < -0.39 is 0 Å². The Balaban J connectivity index is 2.56. The number of aliphatic hydroxyl groups excluding tert-OH is 1. The molecule has 0 saturated carbocycles. The van der Waals surface area contributed by atoms with E-state index in [1.165, 1.54) is 11.1 Å². The Morgan fingerprint density at radius 2 is 1.94 bits per heavy atom. The predicted octanol–water partition coefficient (Wildman–Crippen LogP) is 1.65. The molecule has 2 atom stereocenters. The lowest BCUT2D eigenvalue weighted by Gasteiger charge is -2.21. The van der Waals surface area contributed by atoms with Gasteiger partial charge in [-0.3, -0.25) is 0 Å². The first-order valence-electron chi connectivity index (χ1n) is 5.59. The van der Waals surface area contributed by atoms with Crippen LogP contribution in [0.2, 0.25) is 0 Å². The van der Waals surface area contributed by atoms with E-state index in [1.54, 1.807) is 7.11 Å². The number of nitrogens with one attached hydrogen (secondary N) is 1. The van der Waals surface area contributed by atoms with Crippen LogP contribution in [0.5, 0.6) is 0 Å². The summed E-state index contributed by atoms with van der Waals surface area (Å²) in [5.41, 5.74) is 2.48. The second-order valence-corrected chi connectivity index (χ2v) is 4.13. The van der Waals surface area contributed by atoms with Crippen LogP contribution in [0.1, 0.15) is 24.1 Å². The molecule has 0 aliphatic carbocycles. The third-order valence-corrected chi connectivity index (χ3v) is 2.65. The maximum absolute atomic E-state index is 9.15. The van der Waals surface area contributed by atoms with Crippen molar-refractivity contribution in [1.29, 1.82) is 0 Å². The van der Waals surface area contributed by atoms with Gasteiger partial charge in [-0.15, -0.1) is 0 Å². The summed E-state index contributed by atoms with van der Waals surface area (Å²) in [5.74, 6) is 0. The predicted molar refractivity (Wildman–Crippen MR) is 65.5 cm³/mol. The van der Waals surface area contributed by atoms with Crippen molar-refractivity contribution >= 4 is 0 Å². The number of rotatable bonds is 6. The van der Waals surface area contributed by atoms with Gasteiger partial charge in [0.05, 0.1) is 19.3 Å². The smallest absolute Gasteiger partial charge is 0.0638 e. The summed E-state index contributed by atoms with van der Waals surface area (Å²) in [4.78, 5) is 0. The van der Waals surface area contributed by atoms with E-state index in [9.17, 15) is 0 Å². The molecule has 16 heavy (non-hydrogen) atoms. The van der Waals surface area contributed by atoms with Gasteiger partial charge in [0.25, 0.3) is 0 Å². The molecule has 0 aliphatic heterocycles. The number of aliphatic hydroxyl groups is 1. The minimum absolute atomic E-state index is 0.0127. The molecule has 0 saturated heterocycles. The quantitative estimate of drug-likeness (QED) is 0.770. The fourth-order valence-corrected chi connectivity index (χ4v) is 1.66. The Labute approximate surface area is 97.4 Å². The molecule has 0 fully saturated rings. The summed E-state index contributed by atoms with van der Waals surface area (Å²) in [6, 6.07) is 8.60. The standard InChI is InChI=1S/C13H21NO2/c1-10-4-6-12(7-5-10)11(2)14-13(8-15)9-16-3/h4-7,11,13-15H,8-9H2,1-3H3. The van der Waals surface area contributed by atoms with Crippen molar-refractivity contribution in [2.75, 3.05) is 20.3 Å². The minimum atomic E-state index is -0.0127. The van der Waals surface area contributed by atoms with Crippen LogP contribution in [0.4, 0.5) is 0 Å². The van der Waals surface area contributed by atoms with Crippen LogP contribution in [0, 0.1) is 6.92 Å². The monoisotopic (exact) mass is 223 g/mol.